The zero-order valence-electron chi connectivity index (χ0n) is 23.5. The summed E-state index contributed by atoms with van der Waals surface area (Å²) in [5, 5.41) is 9.65. The van der Waals surface area contributed by atoms with Gasteiger partial charge in [-0.3, -0.25) is 4.98 Å². The number of rotatable bonds is 8. The first-order chi connectivity index (χ1) is 20.1. The number of para-hydroxylation sites is 2. The molecule has 0 radical (unpaired) electrons. The van der Waals surface area contributed by atoms with Crippen LogP contribution in [0.1, 0.15) is 67.9 Å². The fourth-order valence-corrected chi connectivity index (χ4v) is 6.92. The lowest BCUT2D eigenvalue weighted by Gasteiger charge is -2.19. The van der Waals surface area contributed by atoms with E-state index in [-0.39, 0.29) is 23.4 Å². The number of aromatic nitrogens is 3. The van der Waals surface area contributed by atoms with Gasteiger partial charge in [0.15, 0.2) is 0 Å². The number of fused-ring (bicyclic) bond motifs is 4. The smallest absolute Gasteiger partial charge is 0.415 e. The van der Waals surface area contributed by atoms with Crippen molar-refractivity contribution in [2.45, 2.75) is 56.0 Å². The first kappa shape index (κ1) is 27.9. The van der Waals surface area contributed by atoms with Crippen LogP contribution >= 0.6 is 0 Å². The second kappa shape index (κ2) is 10.9. The van der Waals surface area contributed by atoms with Crippen LogP contribution in [0.5, 0.6) is 0 Å². The van der Waals surface area contributed by atoms with Gasteiger partial charge in [-0.1, -0.05) is 26.0 Å². The number of hydrogen-bond acceptors (Lipinski definition) is 8. The number of alkyl carbamates (subject to hydrolysis) is 1. The number of benzene rings is 2. The molecule has 220 valence electrons. The minimum absolute atomic E-state index is 0.109. The van der Waals surface area contributed by atoms with E-state index in [1.54, 1.807) is 12.3 Å². The molecule has 0 unspecified atom stereocenters. The molecule has 2 aromatic carbocycles. The van der Waals surface area contributed by atoms with Crippen molar-refractivity contribution in [3.8, 4) is 0 Å². The Morgan fingerprint density at radius 2 is 1.90 bits per heavy atom. The van der Waals surface area contributed by atoms with Crippen LogP contribution in [0.4, 0.5) is 15.5 Å². The van der Waals surface area contributed by atoms with Crippen LogP contribution < -0.4 is 20.7 Å². The molecule has 0 bridgehead atoms. The van der Waals surface area contributed by atoms with Crippen molar-refractivity contribution >= 4 is 49.9 Å². The summed E-state index contributed by atoms with van der Waals surface area (Å²) in [6, 6.07) is 9.44. The third kappa shape index (κ3) is 5.49. The largest absolute Gasteiger partial charge is 0.453 e. The number of nitrogens with one attached hydrogen (secondary N) is 5. The van der Waals surface area contributed by atoms with Gasteiger partial charge in [-0.25, -0.2) is 33.0 Å². The number of carbonyl (C=O) groups excluding carboxylic acids is 2. The summed E-state index contributed by atoms with van der Waals surface area (Å²) in [6.45, 7) is 4.15. The number of urea groups is 1. The second-order valence-corrected chi connectivity index (χ2v) is 13.0. The fraction of sp³-hybridized carbons (Fsp3) is 0.379. The van der Waals surface area contributed by atoms with Crippen LogP contribution in [0.25, 0.3) is 21.8 Å². The number of ether oxygens (including phenoxy) is 1. The first-order valence-corrected chi connectivity index (χ1v) is 15.4. The predicted octanol–water partition coefficient (Wildman–Crippen LogP) is 4.59. The van der Waals surface area contributed by atoms with Gasteiger partial charge >= 0.3 is 12.1 Å². The highest BCUT2D eigenvalue weighted by Crippen LogP contribution is 2.47. The summed E-state index contributed by atoms with van der Waals surface area (Å²) in [4.78, 5) is 37.2. The van der Waals surface area contributed by atoms with E-state index in [9.17, 15) is 18.0 Å². The molecule has 2 heterocycles. The van der Waals surface area contributed by atoms with Crippen molar-refractivity contribution in [2.75, 3.05) is 19.0 Å². The molecule has 0 aliphatic heterocycles. The lowest BCUT2D eigenvalue weighted by Crippen LogP contribution is -2.40. The van der Waals surface area contributed by atoms with E-state index in [0.29, 0.717) is 34.6 Å². The third-order valence-corrected chi connectivity index (χ3v) is 9.11. The minimum atomic E-state index is -3.91. The quantitative estimate of drug-likeness (QED) is 0.198. The maximum Gasteiger partial charge on any atom is 0.415 e. The van der Waals surface area contributed by atoms with Gasteiger partial charge in [0.25, 0.3) is 0 Å². The highest BCUT2D eigenvalue weighted by Gasteiger charge is 2.37. The number of methoxy groups -OCH3 is 1. The molecule has 3 amide bonds. The van der Waals surface area contributed by atoms with Crippen LogP contribution in [0.2, 0.25) is 0 Å². The molecule has 1 saturated carbocycles. The van der Waals surface area contributed by atoms with Gasteiger partial charge in [-0.2, -0.15) is 0 Å². The molecular formula is C29H33N7O5S. The molecule has 6 rings (SSSR count). The maximum absolute atomic E-state index is 13.7. The van der Waals surface area contributed by atoms with E-state index >= 15 is 0 Å². The Morgan fingerprint density at radius 3 is 2.62 bits per heavy atom. The Kier molecular flexibility index (Phi) is 7.23. The average Bonchev–Trinajstić information content (AvgIpc) is 3.65. The zero-order valence-corrected chi connectivity index (χ0v) is 24.3. The number of imidazole rings is 1. The van der Waals surface area contributed by atoms with Crippen molar-refractivity contribution in [1.82, 2.24) is 30.3 Å². The van der Waals surface area contributed by atoms with E-state index in [4.69, 9.17) is 4.98 Å². The van der Waals surface area contributed by atoms with Crippen molar-refractivity contribution in [1.29, 1.82) is 0 Å². The summed E-state index contributed by atoms with van der Waals surface area (Å²) in [7, 11) is -2.75. The lowest BCUT2D eigenvalue weighted by atomic mass is 9.98. The Morgan fingerprint density at radius 1 is 1.12 bits per heavy atom. The molecule has 1 fully saturated rings. The normalized spacial score (nSPS) is 18.3. The van der Waals surface area contributed by atoms with Gasteiger partial charge in [0.05, 0.1) is 35.1 Å². The number of imide groups is 1. The van der Waals surface area contributed by atoms with Crippen molar-refractivity contribution in [3.05, 3.63) is 59.4 Å². The molecule has 0 spiro atoms. The Hall–Kier alpha value is -4.23. The Bertz CT molecular complexity index is 1770. The number of nitrogens with zero attached hydrogens (tertiary/aromatic N) is 2. The molecule has 42 heavy (non-hydrogen) atoms. The summed E-state index contributed by atoms with van der Waals surface area (Å²) < 4.78 is 34.7. The molecule has 2 aliphatic rings. The summed E-state index contributed by atoms with van der Waals surface area (Å²) in [5.41, 5.74) is 3.95. The SMILES string of the molecule is COC(=O)NC(=O)N[C@H]1C[C@H](Nc2nc3ccccc3[nH]2)c2c1cc(S(=O)(=O)NCC(C)C)c1cc(C3CC3)ncc21. The zero-order chi connectivity index (χ0) is 29.6. The second-order valence-electron chi connectivity index (χ2n) is 11.2. The summed E-state index contributed by atoms with van der Waals surface area (Å²) >= 11 is 0. The molecule has 13 heteroatoms. The van der Waals surface area contributed by atoms with Crippen molar-refractivity contribution in [3.63, 3.8) is 0 Å². The number of aromatic amines is 1. The predicted molar refractivity (Wildman–Crippen MR) is 158 cm³/mol. The van der Waals surface area contributed by atoms with Crippen LogP contribution in [-0.4, -0.2) is 49.1 Å². The summed E-state index contributed by atoms with van der Waals surface area (Å²) in [5.74, 6) is 0.971. The molecule has 5 N–H and O–H groups in total. The number of pyridine rings is 1. The third-order valence-electron chi connectivity index (χ3n) is 7.65. The van der Waals surface area contributed by atoms with E-state index in [1.165, 1.54) is 0 Å². The van der Waals surface area contributed by atoms with E-state index in [1.807, 2.05) is 44.2 Å². The standard InChI is InChI=1S/C29H33N7O5S/c1-15(2)13-31-42(39,40)25-11-18-23(35-28(37)36-29(38)41-3)12-24(34-27-32-20-6-4-5-7-21(20)33-27)26(18)19-14-30-22(10-17(19)25)16-8-9-16/h4-7,10-11,14-16,23-24,31H,8-9,12-13H2,1-3H3,(H2,32,33,34)(H2,35,36,37,38)/t23-,24-/m0/s1. The Balaban J connectivity index is 1.48. The molecular weight excluding hydrogens is 558 g/mol. The van der Waals surface area contributed by atoms with E-state index < -0.39 is 28.2 Å². The first-order valence-electron chi connectivity index (χ1n) is 14.0. The number of anilines is 1. The molecule has 0 saturated heterocycles. The number of H-pyrrole nitrogens is 1. The monoisotopic (exact) mass is 591 g/mol. The fourth-order valence-electron chi connectivity index (χ4n) is 5.47. The minimum Gasteiger partial charge on any atom is -0.453 e. The Labute approximate surface area is 243 Å². The van der Waals surface area contributed by atoms with Gasteiger partial charge in [-0.05, 0) is 60.6 Å². The van der Waals surface area contributed by atoms with Gasteiger partial charge in [-0.15, -0.1) is 0 Å². The number of carbonyl (C=O) groups is 2. The van der Waals surface area contributed by atoms with Crippen molar-refractivity contribution < 1.29 is 22.7 Å². The van der Waals surface area contributed by atoms with Gasteiger partial charge in [0, 0.05) is 35.1 Å². The van der Waals surface area contributed by atoms with Crippen LogP contribution in [-0.2, 0) is 14.8 Å². The number of hydrogen-bond donors (Lipinski definition) is 5. The van der Waals surface area contributed by atoms with Crippen LogP contribution in [0.3, 0.4) is 0 Å². The molecule has 12 nitrogen and oxygen atoms in total. The van der Waals surface area contributed by atoms with Crippen LogP contribution in [0.15, 0.2) is 47.5 Å². The number of sulfonamides is 1. The van der Waals surface area contributed by atoms with Crippen LogP contribution in [0, 0.1) is 5.92 Å². The van der Waals surface area contributed by atoms with E-state index in [0.717, 1.165) is 42.2 Å². The van der Waals surface area contributed by atoms with Crippen molar-refractivity contribution in [2.24, 2.45) is 5.92 Å². The highest BCUT2D eigenvalue weighted by molar-refractivity contribution is 7.89. The molecule has 2 atom stereocenters. The highest BCUT2D eigenvalue weighted by atomic mass is 32.2. The summed E-state index contributed by atoms with van der Waals surface area (Å²) in [6.07, 6.45) is 3.25. The van der Waals surface area contributed by atoms with E-state index in [2.05, 4.69) is 35.4 Å². The molecule has 2 aliphatic carbocycles. The topological polar surface area (TPSA) is 167 Å². The van der Waals surface area contributed by atoms with Gasteiger partial charge in [0.1, 0.15) is 0 Å². The lowest BCUT2D eigenvalue weighted by molar-refractivity contribution is 0.170. The van der Waals surface area contributed by atoms with Gasteiger partial charge in [0.2, 0.25) is 16.0 Å². The molecule has 2 aromatic heterocycles. The van der Waals surface area contributed by atoms with Gasteiger partial charge < -0.3 is 20.4 Å². The number of amides is 3. The maximum atomic E-state index is 13.7. The molecule has 4 aromatic rings. The average molecular weight is 592 g/mol.